The summed E-state index contributed by atoms with van der Waals surface area (Å²) in [6, 6.07) is 0. The van der Waals surface area contributed by atoms with Gasteiger partial charge < -0.3 is 4.90 Å². The fraction of sp³-hybridized carbons (Fsp3) is 0.952. The van der Waals surface area contributed by atoms with Gasteiger partial charge in [0, 0.05) is 18.0 Å². The second-order valence-corrected chi connectivity index (χ2v) is 9.45. The molecule has 0 spiro atoms. The third-order valence-electron chi connectivity index (χ3n) is 6.85. The van der Waals surface area contributed by atoms with Crippen molar-refractivity contribution < 1.29 is 4.79 Å². The summed E-state index contributed by atoms with van der Waals surface area (Å²) in [4.78, 5) is 15.6. The van der Waals surface area contributed by atoms with E-state index in [0.29, 0.717) is 17.7 Å². The first-order chi connectivity index (χ1) is 11.0. The van der Waals surface area contributed by atoms with E-state index in [0.717, 1.165) is 24.8 Å². The molecule has 3 aliphatic rings. The first-order valence-electron chi connectivity index (χ1n) is 10.3. The summed E-state index contributed by atoms with van der Waals surface area (Å²) >= 11 is 0. The van der Waals surface area contributed by atoms with Crippen LogP contribution in [0.5, 0.6) is 0 Å². The lowest BCUT2D eigenvalue weighted by atomic mass is 9.63. The van der Waals surface area contributed by atoms with E-state index in [-0.39, 0.29) is 5.54 Å². The zero-order chi connectivity index (χ0) is 16.4. The van der Waals surface area contributed by atoms with Crippen molar-refractivity contribution in [1.82, 2.24) is 4.90 Å². The van der Waals surface area contributed by atoms with Gasteiger partial charge in [0.1, 0.15) is 0 Å². The first kappa shape index (κ1) is 17.3. The Morgan fingerprint density at radius 1 is 0.783 bits per heavy atom. The molecule has 4 unspecified atom stereocenters. The Balaban J connectivity index is 1.91. The maximum atomic E-state index is 13.3. The van der Waals surface area contributed by atoms with Gasteiger partial charge in [-0.3, -0.25) is 4.79 Å². The Hall–Kier alpha value is -0.530. The maximum absolute atomic E-state index is 13.3. The summed E-state index contributed by atoms with van der Waals surface area (Å²) in [5, 5.41) is 0. The highest BCUT2D eigenvalue weighted by Crippen LogP contribution is 2.47. The summed E-state index contributed by atoms with van der Waals surface area (Å²) in [6.45, 7) is 7.70. The number of likely N-dealkylation sites (tertiary alicyclic amines) is 1. The molecule has 0 aromatic rings. The van der Waals surface area contributed by atoms with Gasteiger partial charge in [0.05, 0.1) is 0 Å². The van der Waals surface area contributed by atoms with Gasteiger partial charge in [-0.05, 0) is 51.4 Å². The van der Waals surface area contributed by atoms with Gasteiger partial charge in [0.15, 0.2) is 0 Å². The van der Waals surface area contributed by atoms with Crippen molar-refractivity contribution in [2.75, 3.05) is 6.54 Å². The predicted molar refractivity (Wildman–Crippen MR) is 96.2 cm³/mol. The number of carbonyl (C=O) groups is 1. The molecule has 2 aliphatic carbocycles. The molecule has 2 nitrogen and oxygen atoms in total. The summed E-state index contributed by atoms with van der Waals surface area (Å²) in [6.07, 6.45) is 14.9. The lowest BCUT2D eigenvalue weighted by molar-refractivity contribution is -0.154. The molecular formula is C21H37NO. The average molecular weight is 320 g/mol. The Morgan fingerprint density at radius 3 is 1.91 bits per heavy atom. The Labute approximate surface area is 143 Å². The summed E-state index contributed by atoms with van der Waals surface area (Å²) in [7, 11) is 0. The lowest BCUT2D eigenvalue weighted by Gasteiger charge is -2.51. The largest absolute Gasteiger partial charge is 0.337 e. The smallest absolute Gasteiger partial charge is 0.226 e. The highest BCUT2D eigenvalue weighted by Gasteiger charge is 2.47. The van der Waals surface area contributed by atoms with Crippen molar-refractivity contribution in [3.8, 4) is 0 Å². The number of rotatable bonds is 0. The van der Waals surface area contributed by atoms with Crippen LogP contribution >= 0.6 is 0 Å². The molecule has 1 heterocycles. The van der Waals surface area contributed by atoms with E-state index in [1.165, 1.54) is 64.2 Å². The summed E-state index contributed by atoms with van der Waals surface area (Å²) in [5.74, 6) is 3.10. The highest BCUT2D eigenvalue weighted by atomic mass is 16.2. The monoisotopic (exact) mass is 319 g/mol. The average Bonchev–Trinajstić information content (AvgIpc) is 2.54. The van der Waals surface area contributed by atoms with Crippen molar-refractivity contribution in [2.45, 2.75) is 96.9 Å². The Kier molecular flexibility index (Phi) is 5.38. The quantitative estimate of drug-likeness (QED) is 0.584. The van der Waals surface area contributed by atoms with Gasteiger partial charge in [-0.2, -0.15) is 0 Å². The highest BCUT2D eigenvalue weighted by molar-refractivity contribution is 5.81. The van der Waals surface area contributed by atoms with Gasteiger partial charge in [-0.15, -0.1) is 0 Å². The van der Waals surface area contributed by atoms with E-state index in [1.54, 1.807) is 0 Å². The minimum Gasteiger partial charge on any atom is -0.337 e. The molecule has 23 heavy (non-hydrogen) atoms. The molecule has 1 saturated heterocycles. The van der Waals surface area contributed by atoms with Crippen molar-refractivity contribution >= 4 is 5.91 Å². The van der Waals surface area contributed by atoms with E-state index in [2.05, 4.69) is 25.7 Å². The molecule has 1 amide bonds. The van der Waals surface area contributed by atoms with Gasteiger partial charge in [0.25, 0.3) is 0 Å². The molecule has 3 fully saturated rings. The van der Waals surface area contributed by atoms with Crippen LogP contribution in [0.1, 0.15) is 91.4 Å². The fourth-order valence-electron chi connectivity index (χ4n) is 5.70. The first-order valence-corrected chi connectivity index (χ1v) is 10.3. The lowest BCUT2D eigenvalue weighted by Crippen LogP contribution is -2.58. The van der Waals surface area contributed by atoms with Crippen LogP contribution in [0, 0.1) is 23.7 Å². The van der Waals surface area contributed by atoms with E-state index >= 15 is 0 Å². The van der Waals surface area contributed by atoms with Crippen LogP contribution in [-0.4, -0.2) is 22.9 Å². The van der Waals surface area contributed by atoms with Crippen LogP contribution in [0.15, 0.2) is 0 Å². The minimum atomic E-state index is -0.0155. The predicted octanol–water partition coefficient (Wildman–Crippen LogP) is 5.41. The number of hydrogen-bond donors (Lipinski definition) is 0. The van der Waals surface area contributed by atoms with Crippen molar-refractivity contribution in [1.29, 1.82) is 0 Å². The van der Waals surface area contributed by atoms with Crippen LogP contribution in [0.2, 0.25) is 0 Å². The molecule has 0 bridgehead atoms. The molecular weight excluding hydrogens is 282 g/mol. The normalized spacial score (nSPS) is 37.0. The zero-order valence-electron chi connectivity index (χ0n) is 15.7. The molecule has 132 valence electrons. The molecule has 0 N–H and O–H groups in total. The van der Waals surface area contributed by atoms with Crippen molar-refractivity contribution in [3.05, 3.63) is 0 Å². The topological polar surface area (TPSA) is 20.3 Å². The van der Waals surface area contributed by atoms with Crippen molar-refractivity contribution in [2.24, 2.45) is 23.7 Å². The summed E-state index contributed by atoms with van der Waals surface area (Å²) < 4.78 is 0. The number of nitrogens with zero attached hydrogens (tertiary/aromatic N) is 1. The van der Waals surface area contributed by atoms with Crippen LogP contribution < -0.4 is 0 Å². The van der Waals surface area contributed by atoms with Gasteiger partial charge in [0.2, 0.25) is 5.91 Å². The summed E-state index contributed by atoms with van der Waals surface area (Å²) in [5.41, 5.74) is -0.0155. The maximum Gasteiger partial charge on any atom is 0.226 e. The number of amides is 1. The molecule has 4 atom stereocenters. The van der Waals surface area contributed by atoms with Crippen LogP contribution in [0.4, 0.5) is 0 Å². The molecule has 3 rings (SSSR count). The molecule has 2 heteroatoms. The number of hydrogen-bond acceptors (Lipinski definition) is 1. The van der Waals surface area contributed by atoms with Crippen LogP contribution in [0.25, 0.3) is 0 Å². The van der Waals surface area contributed by atoms with Crippen molar-refractivity contribution in [3.63, 3.8) is 0 Å². The van der Waals surface area contributed by atoms with Gasteiger partial charge in [-0.1, -0.05) is 57.8 Å². The Bertz CT molecular complexity index is 411. The molecule has 2 saturated carbocycles. The fourth-order valence-corrected chi connectivity index (χ4v) is 5.70. The minimum absolute atomic E-state index is 0.0155. The van der Waals surface area contributed by atoms with E-state index in [9.17, 15) is 4.79 Å². The second-order valence-electron chi connectivity index (χ2n) is 9.45. The zero-order valence-corrected chi connectivity index (χ0v) is 15.7. The number of carbonyl (C=O) groups excluding carboxylic acids is 1. The van der Waals surface area contributed by atoms with Crippen LogP contribution in [-0.2, 0) is 4.79 Å². The standard InChI is InChI=1S/C21H37NO/c1-21(2,3)22-15-17-13-8-5-4-7-11-16-12-9-6-10-14-18(19(16)17)20(22)23/h16-19H,4-15H2,1-3H3. The third kappa shape index (κ3) is 3.77. The van der Waals surface area contributed by atoms with E-state index in [4.69, 9.17) is 0 Å². The van der Waals surface area contributed by atoms with Crippen LogP contribution in [0.3, 0.4) is 0 Å². The molecule has 0 radical (unpaired) electrons. The molecule has 0 aromatic carbocycles. The third-order valence-corrected chi connectivity index (χ3v) is 6.85. The molecule has 0 aromatic heterocycles. The van der Waals surface area contributed by atoms with Gasteiger partial charge in [-0.25, -0.2) is 0 Å². The van der Waals surface area contributed by atoms with E-state index in [1.807, 2.05) is 0 Å². The van der Waals surface area contributed by atoms with Gasteiger partial charge >= 0.3 is 0 Å². The number of piperidine rings is 1. The van der Waals surface area contributed by atoms with E-state index < -0.39 is 0 Å². The molecule has 1 aliphatic heterocycles. The second kappa shape index (κ2) is 7.15. The SMILES string of the molecule is CC(C)(C)N1CC2CCCCCCC3CCCCCC(C1=O)C32. The Morgan fingerprint density at radius 2 is 1.30 bits per heavy atom.